The van der Waals surface area contributed by atoms with E-state index in [0.717, 1.165) is 12.8 Å². The van der Waals surface area contributed by atoms with Gasteiger partial charge in [0.1, 0.15) is 24.4 Å². The first kappa shape index (κ1) is 28.2. The molecule has 1 aliphatic rings. The molecule has 0 bridgehead atoms. The molecule has 0 aromatic carbocycles. The number of primary amides is 1. The first-order valence-electron chi connectivity index (χ1n) is 11.0. The molecule has 5 unspecified atom stereocenters. The van der Waals surface area contributed by atoms with Gasteiger partial charge in [-0.25, -0.2) is 0 Å². The van der Waals surface area contributed by atoms with Gasteiger partial charge in [0.05, 0.1) is 6.10 Å². The lowest BCUT2D eigenvalue weighted by molar-refractivity contribution is -0.293. The van der Waals surface area contributed by atoms with Gasteiger partial charge >= 0.3 is 0 Å². The highest BCUT2D eigenvalue weighted by Gasteiger charge is 2.42. The molecule has 3 amide bonds. The molecule has 9 N–H and O–H groups in total. The van der Waals surface area contributed by atoms with Crippen molar-refractivity contribution >= 4 is 17.7 Å². The highest BCUT2D eigenvalue weighted by Crippen LogP contribution is 2.22. The quantitative estimate of drug-likeness (QED) is 0.129. The van der Waals surface area contributed by atoms with E-state index < -0.39 is 42.7 Å². The molecule has 6 atom stereocenters. The zero-order valence-corrected chi connectivity index (χ0v) is 18.6. The average Bonchev–Trinajstić information content (AvgIpc) is 2.74. The fraction of sp³-hybridized carbons (Fsp3) is 0.850. The van der Waals surface area contributed by atoms with Crippen LogP contribution in [0.2, 0.25) is 0 Å². The fourth-order valence-corrected chi connectivity index (χ4v) is 3.22. The molecule has 12 nitrogen and oxygen atoms in total. The molecule has 1 aliphatic heterocycles. The van der Waals surface area contributed by atoms with Crippen LogP contribution in [-0.4, -0.2) is 89.5 Å². The van der Waals surface area contributed by atoms with Crippen LogP contribution in [0, 0.1) is 0 Å². The number of rotatable bonds is 15. The van der Waals surface area contributed by atoms with Crippen molar-refractivity contribution in [3.8, 4) is 0 Å². The molecule has 0 aromatic rings. The van der Waals surface area contributed by atoms with Gasteiger partial charge in [-0.05, 0) is 26.2 Å². The third-order valence-corrected chi connectivity index (χ3v) is 5.16. The Hall–Kier alpha value is -1.83. The van der Waals surface area contributed by atoms with Crippen LogP contribution in [0.4, 0.5) is 0 Å². The summed E-state index contributed by atoms with van der Waals surface area (Å²) in [4.78, 5) is 35.0. The lowest BCUT2D eigenvalue weighted by Gasteiger charge is -2.38. The smallest absolute Gasteiger partial charge is 0.242 e. The summed E-state index contributed by atoms with van der Waals surface area (Å²) >= 11 is 0. The summed E-state index contributed by atoms with van der Waals surface area (Å²) in [5.74, 6) is -1.29. The van der Waals surface area contributed by atoms with Crippen LogP contribution in [0.25, 0.3) is 0 Å². The molecule has 0 saturated carbocycles. The summed E-state index contributed by atoms with van der Waals surface area (Å²) in [7, 11) is 0. The van der Waals surface area contributed by atoms with Gasteiger partial charge in [0.2, 0.25) is 17.7 Å². The Balaban J connectivity index is 2.21. The molecule has 12 heteroatoms. The van der Waals surface area contributed by atoms with Crippen LogP contribution in [0.1, 0.15) is 51.9 Å². The Kier molecular flexibility index (Phi) is 13.3. The van der Waals surface area contributed by atoms with E-state index in [0.29, 0.717) is 26.0 Å². The Morgan fingerprint density at radius 3 is 2.38 bits per heavy atom. The number of nitrogens with two attached hydrogens (primary N) is 2. The van der Waals surface area contributed by atoms with Crippen LogP contribution >= 0.6 is 0 Å². The standard InChI is InChI=1S/C20H38N4O8/c1-12-16(27)17(28)18(29)20(32-12)31-11-5-3-2-4-10-23-19(30)13(6-7-14(22)25)24-15(26)8-9-21/h12-13,16-18,20,27-29H,2-11,21H2,1H3,(H2,22,25)(H,23,30)(H,24,26)/t12?,13-,16?,17?,18?,20?/m0/s1. The van der Waals surface area contributed by atoms with E-state index in [9.17, 15) is 29.7 Å². The maximum Gasteiger partial charge on any atom is 0.242 e. The normalized spacial score (nSPS) is 26.3. The van der Waals surface area contributed by atoms with Crippen molar-refractivity contribution in [1.29, 1.82) is 0 Å². The number of ether oxygens (including phenoxy) is 2. The van der Waals surface area contributed by atoms with Crippen LogP contribution in [-0.2, 0) is 23.9 Å². The van der Waals surface area contributed by atoms with Crippen molar-refractivity contribution in [2.75, 3.05) is 19.7 Å². The largest absolute Gasteiger partial charge is 0.388 e. The number of aliphatic hydroxyl groups is 3. The molecular formula is C20H38N4O8. The summed E-state index contributed by atoms with van der Waals surface area (Å²) in [6.45, 7) is 2.47. The SMILES string of the molecule is CC1OC(OCCCCCCNC(=O)[C@H](CCC(N)=O)NC(=O)CCN)C(O)C(O)C1O. The van der Waals surface area contributed by atoms with Gasteiger partial charge in [-0.3, -0.25) is 14.4 Å². The minimum Gasteiger partial charge on any atom is -0.388 e. The molecule has 1 fully saturated rings. The monoisotopic (exact) mass is 462 g/mol. The van der Waals surface area contributed by atoms with E-state index in [1.807, 2.05) is 0 Å². The lowest BCUT2D eigenvalue weighted by Crippen LogP contribution is -2.57. The summed E-state index contributed by atoms with van der Waals surface area (Å²) < 4.78 is 10.8. The number of hydrogen-bond acceptors (Lipinski definition) is 9. The summed E-state index contributed by atoms with van der Waals surface area (Å²) in [6.07, 6.45) is -2.25. The van der Waals surface area contributed by atoms with E-state index in [4.69, 9.17) is 20.9 Å². The van der Waals surface area contributed by atoms with Crippen molar-refractivity contribution in [2.45, 2.75) is 88.6 Å². The molecule has 0 aliphatic carbocycles. The zero-order valence-electron chi connectivity index (χ0n) is 18.6. The number of unbranched alkanes of at least 4 members (excludes halogenated alkanes) is 3. The molecule has 1 heterocycles. The topological polar surface area (TPSA) is 206 Å². The van der Waals surface area contributed by atoms with E-state index in [1.165, 1.54) is 0 Å². The lowest BCUT2D eigenvalue weighted by atomic mass is 10.0. The van der Waals surface area contributed by atoms with Crippen molar-refractivity contribution in [1.82, 2.24) is 10.6 Å². The predicted octanol–water partition coefficient (Wildman–Crippen LogP) is -2.39. The van der Waals surface area contributed by atoms with Crippen molar-refractivity contribution in [3.63, 3.8) is 0 Å². The van der Waals surface area contributed by atoms with E-state index >= 15 is 0 Å². The molecule has 1 rings (SSSR count). The maximum absolute atomic E-state index is 12.3. The molecule has 1 saturated heterocycles. The molecule has 32 heavy (non-hydrogen) atoms. The summed E-state index contributed by atoms with van der Waals surface area (Å²) in [5.41, 5.74) is 10.5. The van der Waals surface area contributed by atoms with Gasteiger partial charge in [0, 0.05) is 32.5 Å². The van der Waals surface area contributed by atoms with Crippen LogP contribution < -0.4 is 22.1 Å². The minimum atomic E-state index is -1.32. The second kappa shape index (κ2) is 15.1. The number of carbonyl (C=O) groups excluding carboxylic acids is 3. The maximum atomic E-state index is 12.3. The fourth-order valence-electron chi connectivity index (χ4n) is 3.22. The van der Waals surface area contributed by atoms with Gasteiger partial charge in [0.25, 0.3) is 0 Å². The highest BCUT2D eigenvalue weighted by atomic mass is 16.7. The van der Waals surface area contributed by atoms with Crippen LogP contribution in [0.5, 0.6) is 0 Å². The number of amides is 3. The summed E-state index contributed by atoms with van der Waals surface area (Å²) in [5, 5.41) is 34.6. The molecule has 0 aromatic heterocycles. The second-order valence-corrected chi connectivity index (χ2v) is 7.92. The first-order chi connectivity index (χ1) is 15.2. The minimum absolute atomic E-state index is 0.0187. The van der Waals surface area contributed by atoms with Crippen molar-refractivity contribution in [3.05, 3.63) is 0 Å². The predicted molar refractivity (Wildman–Crippen MR) is 114 cm³/mol. The first-order valence-corrected chi connectivity index (χ1v) is 11.0. The molecule has 186 valence electrons. The van der Waals surface area contributed by atoms with Crippen LogP contribution in [0.3, 0.4) is 0 Å². The molecule has 0 spiro atoms. The van der Waals surface area contributed by atoms with Crippen LogP contribution in [0.15, 0.2) is 0 Å². The van der Waals surface area contributed by atoms with E-state index in [2.05, 4.69) is 10.6 Å². The Labute approximate surface area is 188 Å². The average molecular weight is 463 g/mol. The third-order valence-electron chi connectivity index (χ3n) is 5.16. The number of carbonyl (C=O) groups is 3. The third kappa shape index (κ3) is 10.2. The number of nitrogens with one attached hydrogen (secondary N) is 2. The number of hydrogen-bond donors (Lipinski definition) is 7. The van der Waals surface area contributed by atoms with Gasteiger partial charge in [-0.2, -0.15) is 0 Å². The van der Waals surface area contributed by atoms with Gasteiger partial charge < -0.3 is 46.9 Å². The summed E-state index contributed by atoms with van der Waals surface area (Å²) in [6, 6.07) is -0.840. The number of aliphatic hydroxyl groups excluding tert-OH is 3. The Morgan fingerprint density at radius 1 is 1.03 bits per heavy atom. The van der Waals surface area contributed by atoms with Crippen molar-refractivity contribution in [2.24, 2.45) is 11.5 Å². The Morgan fingerprint density at radius 2 is 1.72 bits per heavy atom. The van der Waals surface area contributed by atoms with Gasteiger partial charge in [-0.15, -0.1) is 0 Å². The van der Waals surface area contributed by atoms with E-state index in [1.54, 1.807) is 6.92 Å². The van der Waals surface area contributed by atoms with Crippen molar-refractivity contribution < 1.29 is 39.2 Å². The Bertz CT molecular complexity index is 594. The highest BCUT2D eigenvalue weighted by molar-refractivity contribution is 5.88. The zero-order chi connectivity index (χ0) is 24.1. The van der Waals surface area contributed by atoms with Gasteiger partial charge in [-0.1, -0.05) is 12.8 Å². The molecular weight excluding hydrogens is 424 g/mol. The van der Waals surface area contributed by atoms with Gasteiger partial charge in [0.15, 0.2) is 6.29 Å². The molecule has 0 radical (unpaired) electrons. The van der Waals surface area contributed by atoms with E-state index in [-0.39, 0.29) is 37.6 Å². The second-order valence-electron chi connectivity index (χ2n) is 7.92.